The predicted octanol–water partition coefficient (Wildman–Crippen LogP) is 3.24. The monoisotopic (exact) mass is 237 g/mol. The summed E-state index contributed by atoms with van der Waals surface area (Å²) in [4.78, 5) is 15.8. The summed E-state index contributed by atoms with van der Waals surface area (Å²) in [6.07, 6.45) is 1.60. The maximum atomic E-state index is 11.9. The van der Waals surface area contributed by atoms with E-state index < -0.39 is 8.32 Å². The summed E-state index contributed by atoms with van der Waals surface area (Å²) in [6.45, 7) is 10.4. The molecular weight excluding hydrogens is 218 g/mol. The molecule has 0 saturated heterocycles. The highest BCUT2D eigenvalue weighted by Crippen LogP contribution is 2.36. The highest BCUT2D eigenvalue weighted by Gasteiger charge is 2.40. The number of pyridine rings is 1. The highest BCUT2D eigenvalue weighted by atomic mass is 28.4. The van der Waals surface area contributed by atoms with Crippen LogP contribution in [-0.2, 0) is 4.43 Å². The Bertz CT molecular complexity index is 368. The SMILES string of the molecule is CC(C)(C)[Si](C)(C)OC(=O)c1ccccn1. The van der Waals surface area contributed by atoms with Gasteiger partial charge < -0.3 is 4.43 Å². The van der Waals surface area contributed by atoms with Gasteiger partial charge in [0.25, 0.3) is 8.32 Å². The number of hydrogen-bond donors (Lipinski definition) is 0. The summed E-state index contributed by atoms with van der Waals surface area (Å²) in [5.74, 6) is -0.313. The Morgan fingerprint density at radius 3 is 2.38 bits per heavy atom. The van der Waals surface area contributed by atoms with E-state index in [4.69, 9.17) is 4.43 Å². The molecule has 1 aromatic rings. The molecule has 0 amide bonds. The average molecular weight is 237 g/mol. The van der Waals surface area contributed by atoms with E-state index in [1.54, 1.807) is 24.4 Å². The summed E-state index contributed by atoms with van der Waals surface area (Å²) in [5, 5.41) is 0.0252. The largest absolute Gasteiger partial charge is 0.514 e. The van der Waals surface area contributed by atoms with Gasteiger partial charge in [-0.2, -0.15) is 0 Å². The van der Waals surface area contributed by atoms with E-state index in [2.05, 4.69) is 25.8 Å². The second-order valence-electron chi connectivity index (χ2n) is 5.36. The molecule has 0 fully saturated rings. The Balaban J connectivity index is 2.80. The fourth-order valence-corrected chi connectivity index (χ4v) is 1.79. The van der Waals surface area contributed by atoms with Crippen molar-refractivity contribution in [3.63, 3.8) is 0 Å². The maximum Gasteiger partial charge on any atom is 0.343 e. The van der Waals surface area contributed by atoms with E-state index in [1.807, 2.05) is 13.1 Å². The normalized spacial score (nSPS) is 12.3. The van der Waals surface area contributed by atoms with Crippen molar-refractivity contribution in [2.24, 2.45) is 0 Å². The van der Waals surface area contributed by atoms with Crippen molar-refractivity contribution in [3.8, 4) is 0 Å². The summed E-state index contributed by atoms with van der Waals surface area (Å²) in [6, 6.07) is 5.24. The van der Waals surface area contributed by atoms with Crippen molar-refractivity contribution in [3.05, 3.63) is 30.1 Å². The first-order valence-corrected chi connectivity index (χ1v) is 8.29. The third kappa shape index (κ3) is 2.92. The first kappa shape index (κ1) is 12.9. The van der Waals surface area contributed by atoms with Crippen molar-refractivity contribution in [2.75, 3.05) is 0 Å². The van der Waals surface area contributed by atoms with Crippen molar-refractivity contribution >= 4 is 14.3 Å². The van der Waals surface area contributed by atoms with Crippen LogP contribution in [0.2, 0.25) is 18.1 Å². The van der Waals surface area contributed by atoms with Crippen molar-refractivity contribution in [1.29, 1.82) is 0 Å². The molecule has 0 radical (unpaired) electrons. The van der Waals surface area contributed by atoms with Crippen molar-refractivity contribution in [2.45, 2.75) is 38.9 Å². The summed E-state index contributed by atoms with van der Waals surface area (Å²) < 4.78 is 5.63. The lowest BCUT2D eigenvalue weighted by molar-refractivity contribution is 0.0706. The van der Waals surface area contributed by atoms with Gasteiger partial charge in [-0.1, -0.05) is 26.8 Å². The van der Waals surface area contributed by atoms with Gasteiger partial charge in [-0.3, -0.25) is 0 Å². The molecule has 4 heteroatoms. The third-order valence-electron chi connectivity index (χ3n) is 3.03. The Morgan fingerprint density at radius 1 is 1.31 bits per heavy atom. The topological polar surface area (TPSA) is 39.2 Å². The van der Waals surface area contributed by atoms with Crippen LogP contribution in [0.5, 0.6) is 0 Å². The highest BCUT2D eigenvalue weighted by molar-refractivity contribution is 6.75. The molecule has 88 valence electrons. The summed E-state index contributed by atoms with van der Waals surface area (Å²) >= 11 is 0. The molecule has 0 aromatic carbocycles. The quantitative estimate of drug-likeness (QED) is 0.741. The average Bonchev–Trinajstić information content (AvgIpc) is 2.16. The second-order valence-corrected chi connectivity index (χ2v) is 10.1. The van der Waals surface area contributed by atoms with Crippen LogP contribution < -0.4 is 0 Å². The maximum absolute atomic E-state index is 11.9. The number of nitrogens with zero attached hydrogens (tertiary/aromatic N) is 1. The number of carbonyl (C=O) groups is 1. The van der Waals surface area contributed by atoms with Crippen molar-refractivity contribution < 1.29 is 9.22 Å². The number of hydrogen-bond acceptors (Lipinski definition) is 3. The summed E-state index contributed by atoms with van der Waals surface area (Å²) in [5.41, 5.74) is 0.382. The van der Waals surface area contributed by atoms with Gasteiger partial charge in [0.15, 0.2) is 0 Å². The van der Waals surface area contributed by atoms with Crippen LogP contribution in [0.4, 0.5) is 0 Å². The molecule has 0 aliphatic heterocycles. The summed E-state index contributed by atoms with van der Waals surface area (Å²) in [7, 11) is -2.04. The van der Waals surface area contributed by atoms with E-state index in [-0.39, 0.29) is 11.0 Å². The molecule has 0 atom stereocenters. The van der Waals surface area contributed by atoms with Crippen LogP contribution >= 0.6 is 0 Å². The van der Waals surface area contributed by atoms with Crippen molar-refractivity contribution in [1.82, 2.24) is 4.98 Å². The van der Waals surface area contributed by atoms with Crippen LogP contribution in [0.3, 0.4) is 0 Å². The van der Waals surface area contributed by atoms with Gasteiger partial charge in [0.2, 0.25) is 0 Å². The number of aromatic nitrogens is 1. The van der Waals surface area contributed by atoms with E-state index in [1.165, 1.54) is 0 Å². The lowest BCUT2D eigenvalue weighted by Gasteiger charge is -2.35. The molecule has 0 aliphatic rings. The molecule has 1 heterocycles. The van der Waals surface area contributed by atoms with Gasteiger partial charge >= 0.3 is 5.97 Å². The number of carbonyl (C=O) groups excluding carboxylic acids is 1. The van der Waals surface area contributed by atoms with Crippen LogP contribution in [0, 0.1) is 0 Å². The first-order chi connectivity index (χ1) is 7.24. The fourth-order valence-electron chi connectivity index (χ4n) is 0.921. The van der Waals surface area contributed by atoms with Gasteiger partial charge in [0, 0.05) is 6.20 Å². The van der Waals surface area contributed by atoms with E-state index >= 15 is 0 Å². The Morgan fingerprint density at radius 2 is 1.94 bits per heavy atom. The zero-order valence-corrected chi connectivity index (χ0v) is 11.6. The fraction of sp³-hybridized carbons (Fsp3) is 0.500. The minimum Gasteiger partial charge on any atom is -0.514 e. The van der Waals surface area contributed by atoms with E-state index in [0.717, 1.165) is 0 Å². The van der Waals surface area contributed by atoms with Gasteiger partial charge in [-0.25, -0.2) is 9.78 Å². The smallest absolute Gasteiger partial charge is 0.343 e. The molecule has 0 saturated carbocycles. The molecule has 0 unspecified atom stereocenters. The minimum absolute atomic E-state index is 0.0252. The second kappa shape index (κ2) is 4.37. The van der Waals surface area contributed by atoms with Gasteiger partial charge in [-0.15, -0.1) is 0 Å². The Labute approximate surface area is 98.0 Å². The molecule has 0 bridgehead atoms. The zero-order valence-electron chi connectivity index (χ0n) is 10.6. The van der Waals surface area contributed by atoms with Crippen LogP contribution in [-0.4, -0.2) is 19.3 Å². The molecule has 3 nitrogen and oxygen atoms in total. The Kier molecular flexibility index (Phi) is 3.53. The molecule has 0 aliphatic carbocycles. The van der Waals surface area contributed by atoms with E-state index in [0.29, 0.717) is 5.69 Å². The Hall–Kier alpha value is -1.16. The first-order valence-electron chi connectivity index (χ1n) is 5.38. The van der Waals surface area contributed by atoms with Gasteiger partial charge in [0.1, 0.15) is 5.69 Å². The van der Waals surface area contributed by atoms with Crippen LogP contribution in [0.15, 0.2) is 24.4 Å². The van der Waals surface area contributed by atoms with E-state index in [9.17, 15) is 4.79 Å². The lowest BCUT2D eigenvalue weighted by atomic mass is 10.2. The van der Waals surface area contributed by atoms with Gasteiger partial charge in [-0.05, 0) is 30.3 Å². The molecule has 0 spiro atoms. The molecule has 16 heavy (non-hydrogen) atoms. The zero-order chi connectivity index (χ0) is 12.4. The molecular formula is C12H19NO2Si. The predicted molar refractivity (Wildman–Crippen MR) is 66.8 cm³/mol. The lowest BCUT2D eigenvalue weighted by Crippen LogP contribution is -2.42. The molecule has 1 rings (SSSR count). The van der Waals surface area contributed by atoms with Gasteiger partial charge in [0.05, 0.1) is 0 Å². The molecule has 1 aromatic heterocycles. The standard InChI is InChI=1S/C12H19NO2Si/c1-12(2,3)16(4,5)15-11(14)10-8-6-7-9-13-10/h6-9H,1-5H3. The third-order valence-corrected chi connectivity index (χ3v) is 7.34. The van der Waals surface area contributed by atoms with Crippen LogP contribution in [0.25, 0.3) is 0 Å². The van der Waals surface area contributed by atoms with Crippen LogP contribution in [0.1, 0.15) is 31.3 Å². The number of rotatable bonds is 2. The molecule has 0 N–H and O–H groups in total. The minimum atomic E-state index is -2.04.